The van der Waals surface area contributed by atoms with Crippen molar-refractivity contribution in [3.63, 3.8) is 0 Å². The van der Waals surface area contributed by atoms with E-state index in [1.165, 1.54) is 23.8 Å². The average molecular weight is 690 g/mol. The molecule has 5 aromatic rings. The van der Waals surface area contributed by atoms with Gasteiger partial charge in [-0.1, -0.05) is 95.2 Å². The molecule has 0 saturated carbocycles. The van der Waals surface area contributed by atoms with Crippen LogP contribution in [0.4, 0.5) is 4.39 Å². The lowest BCUT2D eigenvalue weighted by Gasteiger charge is -2.25. The molecule has 11 heteroatoms. The first-order valence-electron chi connectivity index (χ1n) is 14.6. The van der Waals surface area contributed by atoms with Crippen LogP contribution in [0, 0.1) is 5.82 Å². The number of carbonyl (C=O) groups is 1. The molecule has 1 aliphatic rings. The molecule has 1 aromatic heterocycles. The molecular formula is C36H27Cl2FN2O5S. The Hall–Kier alpha value is -4.70. The van der Waals surface area contributed by atoms with Gasteiger partial charge in [-0.05, 0) is 48.9 Å². The lowest BCUT2D eigenvalue weighted by Crippen LogP contribution is -2.40. The van der Waals surface area contributed by atoms with Crippen LogP contribution in [0.15, 0.2) is 106 Å². The molecule has 1 aliphatic heterocycles. The lowest BCUT2D eigenvalue weighted by molar-refractivity contribution is -0.138. The molecule has 0 unspecified atom stereocenters. The quantitative estimate of drug-likeness (QED) is 0.156. The molecule has 0 fully saturated rings. The maximum atomic E-state index is 14.3. The minimum absolute atomic E-state index is 0.116. The molecule has 4 aromatic carbocycles. The Labute approximate surface area is 283 Å². The van der Waals surface area contributed by atoms with Crippen LogP contribution in [0.2, 0.25) is 10.0 Å². The predicted molar refractivity (Wildman–Crippen MR) is 181 cm³/mol. The van der Waals surface area contributed by atoms with Crippen molar-refractivity contribution < 1.29 is 23.4 Å². The number of benzene rings is 4. The minimum Gasteiger partial charge on any atom is -0.493 e. The molecule has 238 valence electrons. The van der Waals surface area contributed by atoms with Crippen LogP contribution in [0.25, 0.3) is 11.8 Å². The zero-order valence-corrected chi connectivity index (χ0v) is 27.5. The number of para-hydroxylation sites is 1. The maximum absolute atomic E-state index is 14.3. The number of halogens is 3. The summed E-state index contributed by atoms with van der Waals surface area (Å²) in [5.74, 6) is -0.213. The monoisotopic (exact) mass is 688 g/mol. The summed E-state index contributed by atoms with van der Waals surface area (Å²) in [4.78, 5) is 33.1. The number of rotatable bonds is 9. The van der Waals surface area contributed by atoms with Crippen molar-refractivity contribution in [2.75, 3.05) is 13.7 Å². The second kappa shape index (κ2) is 14.0. The SMILES string of the molecule is CCOC(=O)C1=C(c2ccccc2)N=c2s/c(=C\c3cccc(OC)c3OCc3ccc(Cl)cc3Cl)c(=O)n2[C@H]1c1ccc(F)cc1. The van der Waals surface area contributed by atoms with E-state index in [9.17, 15) is 14.0 Å². The van der Waals surface area contributed by atoms with E-state index in [1.807, 2.05) is 30.3 Å². The van der Waals surface area contributed by atoms with Crippen LogP contribution in [0.3, 0.4) is 0 Å². The van der Waals surface area contributed by atoms with Crippen molar-refractivity contribution in [2.24, 2.45) is 4.99 Å². The van der Waals surface area contributed by atoms with Crippen molar-refractivity contribution >= 4 is 52.3 Å². The topological polar surface area (TPSA) is 79.1 Å². The van der Waals surface area contributed by atoms with Gasteiger partial charge in [-0.25, -0.2) is 14.2 Å². The molecule has 1 atom stereocenters. The maximum Gasteiger partial charge on any atom is 0.338 e. The van der Waals surface area contributed by atoms with E-state index < -0.39 is 23.4 Å². The number of methoxy groups -OCH3 is 1. The normalized spacial score (nSPS) is 14.4. The van der Waals surface area contributed by atoms with E-state index in [1.54, 1.807) is 61.5 Å². The fourth-order valence-corrected chi connectivity index (χ4v) is 6.75. The summed E-state index contributed by atoms with van der Waals surface area (Å²) in [6.07, 6.45) is 1.70. The third-order valence-electron chi connectivity index (χ3n) is 7.46. The first-order chi connectivity index (χ1) is 22.8. The predicted octanol–water partition coefficient (Wildman–Crippen LogP) is 6.97. The molecule has 0 radical (unpaired) electrons. The van der Waals surface area contributed by atoms with Crippen LogP contribution < -0.4 is 24.4 Å². The number of hydrogen-bond donors (Lipinski definition) is 0. The summed E-state index contributed by atoms with van der Waals surface area (Å²) in [7, 11) is 1.53. The lowest BCUT2D eigenvalue weighted by atomic mass is 9.93. The molecule has 0 aliphatic carbocycles. The number of fused-ring (bicyclic) bond motifs is 1. The van der Waals surface area contributed by atoms with Gasteiger partial charge in [0.1, 0.15) is 12.4 Å². The summed E-state index contributed by atoms with van der Waals surface area (Å²) in [6.45, 7) is 1.94. The van der Waals surface area contributed by atoms with Gasteiger partial charge in [0.25, 0.3) is 5.56 Å². The number of ether oxygens (including phenoxy) is 3. The van der Waals surface area contributed by atoms with Crippen molar-refractivity contribution in [1.82, 2.24) is 4.57 Å². The largest absolute Gasteiger partial charge is 0.493 e. The number of thiazole rings is 1. The molecule has 0 spiro atoms. The zero-order valence-electron chi connectivity index (χ0n) is 25.2. The van der Waals surface area contributed by atoms with Crippen molar-refractivity contribution in [3.8, 4) is 11.5 Å². The van der Waals surface area contributed by atoms with Gasteiger partial charge in [0.15, 0.2) is 16.3 Å². The average Bonchev–Trinajstić information content (AvgIpc) is 3.38. The van der Waals surface area contributed by atoms with Gasteiger partial charge < -0.3 is 14.2 Å². The highest BCUT2D eigenvalue weighted by Crippen LogP contribution is 2.36. The van der Waals surface area contributed by atoms with Gasteiger partial charge >= 0.3 is 5.97 Å². The van der Waals surface area contributed by atoms with Gasteiger partial charge in [-0.3, -0.25) is 9.36 Å². The second-order valence-electron chi connectivity index (χ2n) is 10.4. The molecule has 6 rings (SSSR count). The zero-order chi connectivity index (χ0) is 33.1. The highest BCUT2D eigenvalue weighted by molar-refractivity contribution is 7.07. The standard InChI is InChI=1S/C36H27Cl2FN2O5S/c1-3-45-35(43)30-31(21-8-5-4-6-9-21)40-36-41(32(30)22-13-16-26(39)17-14-22)34(42)29(47-36)18-23-10-7-11-28(44-2)33(23)46-20-24-12-15-25(37)19-27(24)38/h4-19,32H,3,20H2,1-2H3/b29-18-/t32-/m0/s1. The fourth-order valence-electron chi connectivity index (χ4n) is 5.29. The van der Waals surface area contributed by atoms with Crippen LogP contribution >= 0.6 is 34.5 Å². The van der Waals surface area contributed by atoms with Gasteiger partial charge in [-0.2, -0.15) is 0 Å². The highest BCUT2D eigenvalue weighted by atomic mass is 35.5. The summed E-state index contributed by atoms with van der Waals surface area (Å²) >= 11 is 13.6. The molecule has 0 N–H and O–H groups in total. The third kappa shape index (κ3) is 6.60. The number of esters is 1. The van der Waals surface area contributed by atoms with Gasteiger partial charge in [0, 0.05) is 26.7 Å². The Morgan fingerprint density at radius 3 is 2.49 bits per heavy atom. The van der Waals surface area contributed by atoms with E-state index in [-0.39, 0.29) is 18.8 Å². The summed E-state index contributed by atoms with van der Waals surface area (Å²) in [6, 6.07) is 24.5. The number of hydrogen-bond acceptors (Lipinski definition) is 7. The van der Waals surface area contributed by atoms with Crippen molar-refractivity contribution in [3.05, 3.63) is 154 Å². The first-order valence-corrected chi connectivity index (χ1v) is 16.1. The summed E-state index contributed by atoms with van der Waals surface area (Å²) in [5, 5.41) is 0.960. The molecule has 7 nitrogen and oxygen atoms in total. The van der Waals surface area contributed by atoms with Gasteiger partial charge in [-0.15, -0.1) is 0 Å². The molecule has 47 heavy (non-hydrogen) atoms. The number of nitrogens with zero attached hydrogens (tertiary/aromatic N) is 2. The Kier molecular flexibility index (Phi) is 9.58. The highest BCUT2D eigenvalue weighted by Gasteiger charge is 2.35. The number of aromatic nitrogens is 1. The fraction of sp³-hybridized carbons (Fsp3) is 0.139. The Balaban J connectivity index is 1.54. The van der Waals surface area contributed by atoms with E-state index in [0.717, 1.165) is 11.3 Å². The van der Waals surface area contributed by atoms with Crippen molar-refractivity contribution in [1.29, 1.82) is 0 Å². The Bertz CT molecular complexity index is 2180. The summed E-state index contributed by atoms with van der Waals surface area (Å²) < 4.78 is 33.2. The van der Waals surface area contributed by atoms with Crippen LogP contribution in [-0.4, -0.2) is 24.3 Å². The van der Waals surface area contributed by atoms with E-state index in [2.05, 4.69) is 0 Å². The summed E-state index contributed by atoms with van der Waals surface area (Å²) in [5.41, 5.74) is 2.63. The van der Waals surface area contributed by atoms with Crippen molar-refractivity contribution in [2.45, 2.75) is 19.6 Å². The molecule has 0 amide bonds. The number of carbonyl (C=O) groups excluding carboxylic acids is 1. The molecular weight excluding hydrogens is 662 g/mol. The minimum atomic E-state index is -0.934. The van der Waals surface area contributed by atoms with E-state index >= 15 is 0 Å². The van der Waals surface area contributed by atoms with E-state index in [4.69, 9.17) is 42.4 Å². The third-order valence-corrected chi connectivity index (χ3v) is 9.03. The Morgan fingerprint density at radius 2 is 1.79 bits per heavy atom. The van der Waals surface area contributed by atoms with Crippen LogP contribution in [0.5, 0.6) is 11.5 Å². The smallest absolute Gasteiger partial charge is 0.338 e. The second-order valence-corrected chi connectivity index (χ2v) is 12.2. The van der Waals surface area contributed by atoms with E-state index in [0.29, 0.717) is 58.8 Å². The Morgan fingerprint density at radius 1 is 1.02 bits per heavy atom. The molecule has 0 bridgehead atoms. The van der Waals surface area contributed by atoms with Crippen LogP contribution in [0.1, 0.15) is 35.2 Å². The van der Waals surface area contributed by atoms with Crippen LogP contribution in [-0.2, 0) is 16.1 Å². The molecule has 2 heterocycles. The van der Waals surface area contributed by atoms with Gasteiger partial charge in [0.05, 0.1) is 35.6 Å². The molecule has 0 saturated heterocycles. The first kappa shape index (κ1) is 32.2. The van der Waals surface area contributed by atoms with Gasteiger partial charge in [0.2, 0.25) is 0 Å².